The zero-order valence-corrected chi connectivity index (χ0v) is 9.93. The zero-order valence-electron chi connectivity index (χ0n) is 9.17. The second-order valence-electron chi connectivity index (χ2n) is 3.97. The van der Waals surface area contributed by atoms with Gasteiger partial charge in [0.25, 0.3) is 0 Å². The van der Waals surface area contributed by atoms with Crippen LogP contribution in [0.2, 0.25) is 5.02 Å². The number of benzene rings is 1. The first-order chi connectivity index (χ1) is 7.54. The highest BCUT2D eigenvalue weighted by Gasteiger charge is 2.12. The van der Waals surface area contributed by atoms with E-state index in [2.05, 4.69) is 0 Å². The molecule has 1 rings (SSSR count). The molecule has 0 spiro atoms. The van der Waals surface area contributed by atoms with Gasteiger partial charge in [-0.1, -0.05) is 30.7 Å². The van der Waals surface area contributed by atoms with Gasteiger partial charge in [-0.15, -0.1) is 0 Å². The van der Waals surface area contributed by atoms with Crippen LogP contribution in [0.3, 0.4) is 0 Å². The van der Waals surface area contributed by atoms with Crippen LogP contribution >= 0.6 is 11.6 Å². The highest BCUT2D eigenvalue weighted by Crippen LogP contribution is 2.19. The molecule has 0 aromatic heterocycles. The van der Waals surface area contributed by atoms with Crippen molar-refractivity contribution in [3.63, 3.8) is 0 Å². The van der Waals surface area contributed by atoms with Crippen LogP contribution in [0.4, 0.5) is 4.39 Å². The number of carbonyl (C=O) groups excluding carboxylic acids is 1. The molecule has 2 N–H and O–H groups in total. The van der Waals surface area contributed by atoms with Gasteiger partial charge in [0.05, 0.1) is 5.02 Å². The Bertz CT molecular complexity index is 381. The summed E-state index contributed by atoms with van der Waals surface area (Å²) in [5.74, 6) is -0.383. The van der Waals surface area contributed by atoms with Crippen LogP contribution in [0.5, 0.6) is 0 Å². The molecule has 0 fully saturated rings. The van der Waals surface area contributed by atoms with E-state index in [1.165, 1.54) is 6.07 Å². The van der Waals surface area contributed by atoms with E-state index in [-0.39, 0.29) is 23.1 Å². The van der Waals surface area contributed by atoms with Crippen molar-refractivity contribution in [2.24, 2.45) is 11.7 Å². The minimum atomic E-state index is -0.502. The molecular weight excluding hydrogens is 229 g/mol. The van der Waals surface area contributed by atoms with Crippen molar-refractivity contribution in [1.29, 1.82) is 0 Å². The lowest BCUT2D eigenvalue weighted by Gasteiger charge is -2.08. The van der Waals surface area contributed by atoms with Crippen LogP contribution in [0.25, 0.3) is 0 Å². The summed E-state index contributed by atoms with van der Waals surface area (Å²) in [4.78, 5) is 11.6. The number of nitrogens with two attached hydrogens (primary N) is 1. The van der Waals surface area contributed by atoms with Crippen LogP contribution in [-0.2, 0) is 11.2 Å². The van der Waals surface area contributed by atoms with Crippen LogP contribution in [0.15, 0.2) is 18.2 Å². The fraction of sp³-hybridized carbons (Fsp3) is 0.417. The number of hydrogen-bond donors (Lipinski definition) is 1. The molecule has 88 valence electrons. The number of halogens is 2. The number of hydrogen-bond acceptors (Lipinski definition) is 2. The molecule has 2 nitrogen and oxygen atoms in total. The normalized spacial score (nSPS) is 12.5. The molecule has 0 radical (unpaired) electrons. The standard InChI is InChI=1S/C12H15ClFNO/c1-8(7-15)5-10(16)6-9-3-2-4-11(13)12(9)14/h2-4,8H,5-7,15H2,1H3. The zero-order chi connectivity index (χ0) is 12.1. The third-order valence-electron chi connectivity index (χ3n) is 2.40. The van der Waals surface area contributed by atoms with Gasteiger partial charge in [-0.3, -0.25) is 4.79 Å². The summed E-state index contributed by atoms with van der Waals surface area (Å²) >= 11 is 5.62. The predicted octanol–water partition coefficient (Wildman–Crippen LogP) is 2.58. The number of carbonyl (C=O) groups is 1. The van der Waals surface area contributed by atoms with Gasteiger partial charge < -0.3 is 5.73 Å². The Balaban J connectivity index is 2.66. The largest absolute Gasteiger partial charge is 0.330 e. The van der Waals surface area contributed by atoms with E-state index >= 15 is 0 Å². The molecule has 1 atom stereocenters. The van der Waals surface area contributed by atoms with Crippen molar-refractivity contribution < 1.29 is 9.18 Å². The van der Waals surface area contributed by atoms with Gasteiger partial charge in [0.1, 0.15) is 11.6 Å². The molecule has 0 amide bonds. The van der Waals surface area contributed by atoms with Crippen LogP contribution in [-0.4, -0.2) is 12.3 Å². The van der Waals surface area contributed by atoms with E-state index in [0.717, 1.165) is 0 Å². The van der Waals surface area contributed by atoms with Crippen LogP contribution < -0.4 is 5.73 Å². The van der Waals surface area contributed by atoms with Crippen molar-refractivity contribution in [3.05, 3.63) is 34.6 Å². The molecule has 1 aromatic carbocycles. The third kappa shape index (κ3) is 3.58. The summed E-state index contributed by atoms with van der Waals surface area (Å²) in [6.07, 6.45) is 0.458. The topological polar surface area (TPSA) is 43.1 Å². The summed E-state index contributed by atoms with van der Waals surface area (Å²) in [5.41, 5.74) is 5.77. The molecular formula is C12H15ClFNO. The summed E-state index contributed by atoms with van der Waals surface area (Å²) in [6, 6.07) is 4.68. The summed E-state index contributed by atoms with van der Waals surface area (Å²) in [5, 5.41) is 0.0529. The second-order valence-corrected chi connectivity index (χ2v) is 4.38. The van der Waals surface area contributed by atoms with Crippen molar-refractivity contribution in [2.45, 2.75) is 19.8 Å². The highest BCUT2D eigenvalue weighted by molar-refractivity contribution is 6.30. The van der Waals surface area contributed by atoms with E-state index in [9.17, 15) is 9.18 Å². The Morgan fingerprint density at radius 1 is 1.56 bits per heavy atom. The molecule has 0 heterocycles. The molecule has 0 saturated carbocycles. The van der Waals surface area contributed by atoms with Gasteiger partial charge in [0, 0.05) is 12.8 Å². The summed E-state index contributed by atoms with van der Waals surface area (Å²) < 4.78 is 13.5. The van der Waals surface area contributed by atoms with Crippen molar-refractivity contribution >= 4 is 17.4 Å². The lowest BCUT2D eigenvalue weighted by atomic mass is 10.00. The Morgan fingerprint density at radius 2 is 2.25 bits per heavy atom. The molecule has 1 aromatic rings. The first-order valence-corrected chi connectivity index (χ1v) is 5.57. The van der Waals surface area contributed by atoms with Gasteiger partial charge in [0.15, 0.2) is 0 Å². The van der Waals surface area contributed by atoms with Gasteiger partial charge in [-0.05, 0) is 24.1 Å². The monoisotopic (exact) mass is 243 g/mol. The smallest absolute Gasteiger partial charge is 0.145 e. The van der Waals surface area contributed by atoms with E-state index in [0.29, 0.717) is 18.5 Å². The maximum absolute atomic E-state index is 13.5. The molecule has 0 aliphatic heterocycles. The predicted molar refractivity (Wildman–Crippen MR) is 63.0 cm³/mol. The Morgan fingerprint density at radius 3 is 2.88 bits per heavy atom. The Hall–Kier alpha value is -0.930. The lowest BCUT2D eigenvalue weighted by molar-refractivity contribution is -0.119. The van der Waals surface area contributed by atoms with E-state index in [4.69, 9.17) is 17.3 Å². The number of rotatable bonds is 5. The average molecular weight is 244 g/mol. The molecule has 4 heteroatoms. The molecule has 0 aliphatic rings. The summed E-state index contributed by atoms with van der Waals surface area (Å²) in [7, 11) is 0. The van der Waals surface area contributed by atoms with E-state index in [1.807, 2.05) is 6.92 Å². The van der Waals surface area contributed by atoms with Gasteiger partial charge >= 0.3 is 0 Å². The van der Waals surface area contributed by atoms with Crippen molar-refractivity contribution in [3.8, 4) is 0 Å². The maximum atomic E-state index is 13.5. The molecule has 0 saturated heterocycles. The fourth-order valence-electron chi connectivity index (χ4n) is 1.44. The van der Waals surface area contributed by atoms with Gasteiger partial charge in [-0.25, -0.2) is 4.39 Å². The molecule has 0 bridgehead atoms. The van der Waals surface area contributed by atoms with Crippen LogP contribution in [0, 0.1) is 11.7 Å². The second kappa shape index (κ2) is 5.97. The lowest BCUT2D eigenvalue weighted by Crippen LogP contribution is -2.16. The maximum Gasteiger partial charge on any atom is 0.145 e. The fourth-order valence-corrected chi connectivity index (χ4v) is 1.64. The highest BCUT2D eigenvalue weighted by atomic mass is 35.5. The SMILES string of the molecule is CC(CN)CC(=O)Cc1cccc(Cl)c1F. The average Bonchev–Trinajstić information content (AvgIpc) is 2.24. The molecule has 1 unspecified atom stereocenters. The third-order valence-corrected chi connectivity index (χ3v) is 2.69. The van der Waals surface area contributed by atoms with E-state index < -0.39 is 5.82 Å². The number of ketones is 1. The summed E-state index contributed by atoms with van der Waals surface area (Å²) in [6.45, 7) is 2.36. The van der Waals surface area contributed by atoms with Gasteiger partial charge in [0.2, 0.25) is 0 Å². The van der Waals surface area contributed by atoms with Gasteiger partial charge in [-0.2, -0.15) is 0 Å². The molecule has 0 aliphatic carbocycles. The van der Waals surface area contributed by atoms with Crippen LogP contribution in [0.1, 0.15) is 18.9 Å². The Kier molecular flexibility index (Phi) is 4.90. The minimum Gasteiger partial charge on any atom is -0.330 e. The van der Waals surface area contributed by atoms with Crippen molar-refractivity contribution in [1.82, 2.24) is 0 Å². The first-order valence-electron chi connectivity index (χ1n) is 5.19. The first kappa shape index (κ1) is 13.1. The molecule has 16 heavy (non-hydrogen) atoms. The van der Waals surface area contributed by atoms with Crippen molar-refractivity contribution in [2.75, 3.05) is 6.54 Å². The number of Topliss-reactive ketones (excluding diaryl/α,β-unsaturated/α-hetero) is 1. The quantitative estimate of drug-likeness (QED) is 0.864. The minimum absolute atomic E-state index is 0.0147. The Labute approximate surface area is 99.6 Å². The van der Waals surface area contributed by atoms with E-state index in [1.54, 1.807) is 12.1 Å².